The van der Waals surface area contributed by atoms with Crippen LogP contribution < -0.4 is 10.1 Å². The molecular formula is C13H17NO2. The van der Waals surface area contributed by atoms with Crippen LogP contribution in [0.5, 0.6) is 5.75 Å². The second-order valence-corrected chi connectivity index (χ2v) is 4.15. The lowest BCUT2D eigenvalue weighted by molar-refractivity contribution is -0.126. The number of amides is 1. The zero-order valence-corrected chi connectivity index (χ0v) is 9.53. The molecule has 1 atom stereocenters. The largest absolute Gasteiger partial charge is 0.496 e. The van der Waals surface area contributed by atoms with E-state index in [0.717, 1.165) is 37.1 Å². The molecule has 1 aromatic carbocycles. The van der Waals surface area contributed by atoms with Crippen molar-refractivity contribution in [1.82, 2.24) is 5.32 Å². The minimum absolute atomic E-state index is 0.102. The normalized spacial score (nSPS) is 20.3. The van der Waals surface area contributed by atoms with E-state index in [1.165, 1.54) is 0 Å². The maximum absolute atomic E-state index is 11.6. The van der Waals surface area contributed by atoms with E-state index in [0.29, 0.717) is 0 Å². The first-order chi connectivity index (χ1) is 7.81. The number of nitrogens with one attached hydrogen (secondary N) is 1. The van der Waals surface area contributed by atoms with Crippen LogP contribution in [0.25, 0.3) is 0 Å². The predicted octanol–water partition coefficient (Wildman–Crippen LogP) is 1.76. The summed E-state index contributed by atoms with van der Waals surface area (Å²) < 4.78 is 5.29. The Morgan fingerprint density at radius 2 is 2.25 bits per heavy atom. The van der Waals surface area contributed by atoms with Crippen molar-refractivity contribution in [2.45, 2.75) is 19.3 Å². The number of hydrogen-bond acceptors (Lipinski definition) is 2. The zero-order valence-electron chi connectivity index (χ0n) is 9.53. The molecule has 0 radical (unpaired) electrons. The molecule has 0 bridgehead atoms. The summed E-state index contributed by atoms with van der Waals surface area (Å²) in [6.45, 7) is 0.821. The minimum atomic E-state index is 0.102. The Bertz CT molecular complexity index is 376. The Labute approximate surface area is 95.8 Å². The van der Waals surface area contributed by atoms with E-state index in [2.05, 4.69) is 5.32 Å². The van der Waals surface area contributed by atoms with Crippen LogP contribution in [0.3, 0.4) is 0 Å². The maximum atomic E-state index is 11.6. The molecule has 1 fully saturated rings. The molecule has 1 saturated heterocycles. The van der Waals surface area contributed by atoms with E-state index < -0.39 is 0 Å². The second kappa shape index (κ2) is 5.01. The summed E-state index contributed by atoms with van der Waals surface area (Å²) in [5.41, 5.74) is 1.12. The van der Waals surface area contributed by atoms with Crippen LogP contribution >= 0.6 is 0 Å². The van der Waals surface area contributed by atoms with Crippen molar-refractivity contribution in [3.63, 3.8) is 0 Å². The van der Waals surface area contributed by atoms with Crippen LogP contribution in [0.15, 0.2) is 24.3 Å². The Kier molecular flexibility index (Phi) is 3.44. The first kappa shape index (κ1) is 11.0. The summed E-state index contributed by atoms with van der Waals surface area (Å²) in [5.74, 6) is 1.16. The van der Waals surface area contributed by atoms with Crippen molar-refractivity contribution in [1.29, 1.82) is 0 Å². The molecule has 1 aliphatic heterocycles. The van der Waals surface area contributed by atoms with Gasteiger partial charge in [-0.15, -0.1) is 0 Å². The van der Waals surface area contributed by atoms with Crippen LogP contribution in [-0.4, -0.2) is 19.6 Å². The van der Waals surface area contributed by atoms with E-state index >= 15 is 0 Å². The number of methoxy groups -OCH3 is 1. The van der Waals surface area contributed by atoms with Gasteiger partial charge in [-0.05, 0) is 30.9 Å². The number of para-hydroxylation sites is 1. The molecule has 0 aliphatic carbocycles. The van der Waals surface area contributed by atoms with Gasteiger partial charge in [-0.3, -0.25) is 4.79 Å². The van der Waals surface area contributed by atoms with Gasteiger partial charge in [0.2, 0.25) is 5.91 Å². The van der Waals surface area contributed by atoms with Crippen molar-refractivity contribution in [2.24, 2.45) is 5.92 Å². The van der Waals surface area contributed by atoms with Gasteiger partial charge in [-0.25, -0.2) is 0 Å². The van der Waals surface area contributed by atoms with Crippen molar-refractivity contribution in [2.75, 3.05) is 13.7 Å². The van der Waals surface area contributed by atoms with E-state index in [-0.39, 0.29) is 11.8 Å². The molecule has 16 heavy (non-hydrogen) atoms. The second-order valence-electron chi connectivity index (χ2n) is 4.15. The highest BCUT2D eigenvalue weighted by molar-refractivity contribution is 5.79. The molecule has 3 heteroatoms. The summed E-state index contributed by atoms with van der Waals surface area (Å²) in [6, 6.07) is 7.90. The fourth-order valence-corrected chi connectivity index (χ4v) is 2.17. The lowest BCUT2D eigenvalue weighted by Crippen LogP contribution is -2.37. The van der Waals surface area contributed by atoms with Gasteiger partial charge in [0.15, 0.2) is 0 Å². The average molecular weight is 219 g/mol. The molecule has 1 aromatic rings. The van der Waals surface area contributed by atoms with Gasteiger partial charge in [-0.1, -0.05) is 18.2 Å². The maximum Gasteiger partial charge on any atom is 0.223 e. The third-order valence-corrected chi connectivity index (χ3v) is 3.06. The van der Waals surface area contributed by atoms with Crippen LogP contribution in [0.2, 0.25) is 0 Å². The summed E-state index contributed by atoms with van der Waals surface area (Å²) in [7, 11) is 1.67. The third-order valence-electron chi connectivity index (χ3n) is 3.06. The van der Waals surface area contributed by atoms with E-state index in [9.17, 15) is 4.79 Å². The van der Waals surface area contributed by atoms with Crippen LogP contribution in [0.4, 0.5) is 0 Å². The molecule has 1 unspecified atom stereocenters. The number of piperidine rings is 1. The Hall–Kier alpha value is -1.51. The van der Waals surface area contributed by atoms with E-state index in [4.69, 9.17) is 4.74 Å². The lowest BCUT2D eigenvalue weighted by atomic mass is 9.91. The Morgan fingerprint density at radius 3 is 3.00 bits per heavy atom. The van der Waals surface area contributed by atoms with Gasteiger partial charge in [0.05, 0.1) is 7.11 Å². The number of hydrogen-bond donors (Lipinski definition) is 1. The van der Waals surface area contributed by atoms with Crippen LogP contribution in [-0.2, 0) is 11.2 Å². The Balaban J connectivity index is 2.10. The molecule has 1 amide bonds. The van der Waals surface area contributed by atoms with Gasteiger partial charge in [0, 0.05) is 12.5 Å². The van der Waals surface area contributed by atoms with Crippen molar-refractivity contribution in [3.8, 4) is 5.75 Å². The molecule has 1 heterocycles. The number of benzene rings is 1. The van der Waals surface area contributed by atoms with Crippen molar-refractivity contribution < 1.29 is 9.53 Å². The summed E-state index contributed by atoms with van der Waals surface area (Å²) in [6.07, 6.45) is 2.82. The summed E-state index contributed by atoms with van der Waals surface area (Å²) in [5, 5.41) is 2.91. The first-order valence-corrected chi connectivity index (χ1v) is 5.71. The van der Waals surface area contributed by atoms with Crippen LogP contribution in [0.1, 0.15) is 18.4 Å². The number of rotatable bonds is 3. The standard InChI is InChI=1S/C13H17NO2/c1-16-12-7-3-2-5-10(12)9-11-6-4-8-14-13(11)15/h2-3,5,7,11H,4,6,8-9H2,1H3,(H,14,15). The SMILES string of the molecule is COc1ccccc1CC1CCCNC1=O. The van der Waals surface area contributed by atoms with Crippen LogP contribution in [0, 0.1) is 5.92 Å². The molecular weight excluding hydrogens is 202 g/mol. The highest BCUT2D eigenvalue weighted by Crippen LogP contribution is 2.24. The van der Waals surface area contributed by atoms with Gasteiger partial charge >= 0.3 is 0 Å². The van der Waals surface area contributed by atoms with E-state index in [1.54, 1.807) is 7.11 Å². The molecule has 3 nitrogen and oxygen atoms in total. The molecule has 0 aromatic heterocycles. The third kappa shape index (κ3) is 2.35. The molecule has 1 aliphatic rings. The summed E-state index contributed by atoms with van der Waals surface area (Å²) in [4.78, 5) is 11.6. The molecule has 1 N–H and O–H groups in total. The fourth-order valence-electron chi connectivity index (χ4n) is 2.17. The van der Waals surface area contributed by atoms with Gasteiger partial charge < -0.3 is 10.1 Å². The first-order valence-electron chi connectivity index (χ1n) is 5.71. The van der Waals surface area contributed by atoms with Crippen molar-refractivity contribution >= 4 is 5.91 Å². The monoisotopic (exact) mass is 219 g/mol. The number of carbonyl (C=O) groups is 1. The average Bonchev–Trinajstić information content (AvgIpc) is 2.33. The molecule has 2 rings (SSSR count). The minimum Gasteiger partial charge on any atom is -0.496 e. The predicted molar refractivity (Wildman–Crippen MR) is 62.4 cm³/mol. The molecule has 86 valence electrons. The highest BCUT2D eigenvalue weighted by atomic mass is 16.5. The number of carbonyl (C=O) groups excluding carboxylic acids is 1. The zero-order chi connectivity index (χ0) is 11.4. The van der Waals surface area contributed by atoms with E-state index in [1.807, 2.05) is 24.3 Å². The smallest absolute Gasteiger partial charge is 0.223 e. The Morgan fingerprint density at radius 1 is 1.44 bits per heavy atom. The lowest BCUT2D eigenvalue weighted by Gasteiger charge is -2.22. The molecule has 0 saturated carbocycles. The van der Waals surface area contributed by atoms with Gasteiger partial charge in [-0.2, -0.15) is 0 Å². The summed E-state index contributed by atoms with van der Waals surface area (Å²) >= 11 is 0. The topological polar surface area (TPSA) is 38.3 Å². The van der Waals surface area contributed by atoms with Gasteiger partial charge in [0.25, 0.3) is 0 Å². The molecule has 0 spiro atoms. The van der Waals surface area contributed by atoms with Crippen molar-refractivity contribution in [3.05, 3.63) is 29.8 Å². The highest BCUT2D eigenvalue weighted by Gasteiger charge is 2.23. The quantitative estimate of drug-likeness (QED) is 0.841. The van der Waals surface area contributed by atoms with Gasteiger partial charge in [0.1, 0.15) is 5.75 Å². The number of ether oxygens (including phenoxy) is 1. The fraction of sp³-hybridized carbons (Fsp3) is 0.462.